The molecule has 2 atom stereocenters. The largest absolute Gasteiger partial charge is 0.378 e. The van der Waals surface area contributed by atoms with Crippen molar-refractivity contribution in [1.29, 1.82) is 0 Å². The standard InChI is InChI=1S/C23H27N5S/c1-16(2)28-22(21(25-23(28)29)19-8-5-6-14-24-19)20-9-7-15-27(20)18-12-10-17(11-13-18)26(3)4/h5-16,21-22H,1-4H3,(H,25,29)/t21-,22+/m1/s1. The van der Waals surface area contributed by atoms with Gasteiger partial charge in [0, 0.05) is 49.6 Å². The summed E-state index contributed by atoms with van der Waals surface area (Å²) in [5.74, 6) is 0. The maximum atomic E-state index is 5.72. The molecule has 0 radical (unpaired) electrons. The Morgan fingerprint density at radius 1 is 1.03 bits per heavy atom. The Kier molecular flexibility index (Phi) is 5.28. The van der Waals surface area contributed by atoms with Crippen molar-refractivity contribution in [2.75, 3.05) is 19.0 Å². The molecule has 3 heterocycles. The maximum Gasteiger partial charge on any atom is 0.170 e. The van der Waals surface area contributed by atoms with E-state index in [0.29, 0.717) is 0 Å². The van der Waals surface area contributed by atoms with Crippen molar-refractivity contribution in [2.24, 2.45) is 0 Å². The van der Waals surface area contributed by atoms with Gasteiger partial charge in [-0.25, -0.2) is 0 Å². The molecule has 29 heavy (non-hydrogen) atoms. The van der Waals surface area contributed by atoms with E-state index in [9.17, 15) is 0 Å². The van der Waals surface area contributed by atoms with Gasteiger partial charge in [-0.3, -0.25) is 4.98 Å². The van der Waals surface area contributed by atoms with Crippen LogP contribution >= 0.6 is 12.2 Å². The third-order valence-corrected chi connectivity index (χ3v) is 5.75. The van der Waals surface area contributed by atoms with Gasteiger partial charge in [0.15, 0.2) is 5.11 Å². The third kappa shape index (κ3) is 3.60. The molecule has 0 bridgehead atoms. The molecule has 6 heteroatoms. The average Bonchev–Trinajstić information content (AvgIpc) is 3.32. The predicted octanol–water partition coefficient (Wildman–Crippen LogP) is 4.32. The van der Waals surface area contributed by atoms with Crippen molar-refractivity contribution < 1.29 is 0 Å². The van der Waals surface area contributed by atoms with Gasteiger partial charge < -0.3 is 19.7 Å². The zero-order valence-corrected chi connectivity index (χ0v) is 18.1. The molecule has 0 amide bonds. The van der Waals surface area contributed by atoms with Crippen LogP contribution in [0.4, 0.5) is 5.69 Å². The van der Waals surface area contributed by atoms with Gasteiger partial charge >= 0.3 is 0 Å². The Labute approximate surface area is 178 Å². The first kappa shape index (κ1) is 19.5. The van der Waals surface area contributed by atoms with Crippen molar-refractivity contribution in [3.05, 3.63) is 78.4 Å². The number of nitrogens with one attached hydrogen (secondary N) is 1. The maximum absolute atomic E-state index is 5.72. The van der Waals surface area contributed by atoms with Crippen LogP contribution in [0.15, 0.2) is 67.0 Å². The molecule has 0 aliphatic carbocycles. The second-order valence-electron chi connectivity index (χ2n) is 7.84. The molecule has 2 aromatic heterocycles. The molecule has 3 aromatic rings. The number of hydrogen-bond acceptors (Lipinski definition) is 3. The molecule has 0 saturated carbocycles. The summed E-state index contributed by atoms with van der Waals surface area (Å²) < 4.78 is 2.26. The van der Waals surface area contributed by atoms with Crippen LogP contribution in [0.1, 0.15) is 37.3 Å². The summed E-state index contributed by atoms with van der Waals surface area (Å²) in [6.07, 6.45) is 3.96. The van der Waals surface area contributed by atoms with Crippen LogP contribution in [0.25, 0.3) is 5.69 Å². The van der Waals surface area contributed by atoms with Gasteiger partial charge in [-0.2, -0.15) is 0 Å². The van der Waals surface area contributed by atoms with E-state index in [4.69, 9.17) is 12.2 Å². The highest BCUT2D eigenvalue weighted by Crippen LogP contribution is 2.40. The van der Waals surface area contributed by atoms with Gasteiger partial charge in [0.25, 0.3) is 0 Å². The van der Waals surface area contributed by atoms with Gasteiger partial charge in [0.05, 0.1) is 17.8 Å². The lowest BCUT2D eigenvalue weighted by atomic mass is 10.0. The van der Waals surface area contributed by atoms with Gasteiger partial charge in [0.1, 0.15) is 0 Å². The molecule has 150 valence electrons. The highest BCUT2D eigenvalue weighted by Gasteiger charge is 2.42. The van der Waals surface area contributed by atoms with E-state index >= 15 is 0 Å². The summed E-state index contributed by atoms with van der Waals surface area (Å²) in [7, 11) is 4.11. The molecule has 1 N–H and O–H groups in total. The lowest BCUT2D eigenvalue weighted by Crippen LogP contribution is -2.36. The molecule has 4 rings (SSSR count). The molecule has 0 unspecified atom stereocenters. The Hall–Kier alpha value is -2.86. The summed E-state index contributed by atoms with van der Waals surface area (Å²) >= 11 is 5.72. The number of nitrogens with zero attached hydrogens (tertiary/aromatic N) is 4. The number of hydrogen-bond donors (Lipinski definition) is 1. The Bertz CT molecular complexity index is 978. The van der Waals surface area contributed by atoms with E-state index < -0.39 is 0 Å². The molecular weight excluding hydrogens is 378 g/mol. The second kappa shape index (κ2) is 7.87. The van der Waals surface area contributed by atoms with Gasteiger partial charge in [-0.1, -0.05) is 6.07 Å². The van der Waals surface area contributed by atoms with Crippen molar-refractivity contribution in [3.8, 4) is 5.69 Å². The van der Waals surface area contributed by atoms with Gasteiger partial charge in [0.2, 0.25) is 0 Å². The van der Waals surface area contributed by atoms with E-state index in [1.54, 1.807) is 0 Å². The molecule has 1 fully saturated rings. The Morgan fingerprint density at radius 3 is 2.41 bits per heavy atom. The number of thiocarbonyl (C=S) groups is 1. The fraction of sp³-hybridized carbons (Fsp3) is 0.304. The molecule has 5 nitrogen and oxygen atoms in total. The van der Waals surface area contributed by atoms with E-state index in [1.807, 2.05) is 18.3 Å². The van der Waals surface area contributed by atoms with Crippen LogP contribution in [-0.4, -0.2) is 39.7 Å². The Morgan fingerprint density at radius 2 is 1.79 bits per heavy atom. The lowest BCUT2D eigenvalue weighted by Gasteiger charge is -2.31. The minimum atomic E-state index is 0.000739. The molecule has 0 spiro atoms. The van der Waals surface area contributed by atoms with Crippen LogP contribution in [0.2, 0.25) is 0 Å². The summed E-state index contributed by atoms with van der Waals surface area (Å²) in [6.45, 7) is 4.36. The quantitative estimate of drug-likeness (QED) is 0.640. The van der Waals surface area contributed by atoms with E-state index in [-0.39, 0.29) is 18.1 Å². The molecule has 1 saturated heterocycles. The molecular formula is C23H27N5S. The van der Waals surface area contributed by atoms with E-state index in [1.165, 1.54) is 11.4 Å². The van der Waals surface area contributed by atoms with Crippen molar-refractivity contribution in [1.82, 2.24) is 19.8 Å². The normalized spacial score (nSPS) is 18.9. The number of rotatable bonds is 5. The van der Waals surface area contributed by atoms with Crippen molar-refractivity contribution in [2.45, 2.75) is 32.0 Å². The lowest BCUT2D eigenvalue weighted by molar-refractivity contribution is 0.262. The topological polar surface area (TPSA) is 36.3 Å². The minimum Gasteiger partial charge on any atom is -0.378 e. The van der Waals surface area contributed by atoms with Crippen molar-refractivity contribution in [3.63, 3.8) is 0 Å². The fourth-order valence-corrected chi connectivity index (χ4v) is 4.47. The van der Waals surface area contributed by atoms with Gasteiger partial charge in [-0.15, -0.1) is 0 Å². The highest BCUT2D eigenvalue weighted by molar-refractivity contribution is 7.80. The van der Waals surface area contributed by atoms with Crippen molar-refractivity contribution >= 4 is 23.0 Å². The van der Waals surface area contributed by atoms with Crippen LogP contribution in [0, 0.1) is 0 Å². The van der Waals surface area contributed by atoms with Crippen LogP contribution in [0.5, 0.6) is 0 Å². The van der Waals surface area contributed by atoms with Crippen LogP contribution in [0.3, 0.4) is 0 Å². The molecule has 1 aromatic carbocycles. The summed E-state index contributed by atoms with van der Waals surface area (Å²) in [4.78, 5) is 9.01. The number of pyridine rings is 1. The van der Waals surface area contributed by atoms with E-state index in [0.717, 1.165) is 16.5 Å². The monoisotopic (exact) mass is 405 g/mol. The second-order valence-corrected chi connectivity index (χ2v) is 8.23. The summed E-state index contributed by atoms with van der Waals surface area (Å²) in [5, 5.41) is 4.29. The predicted molar refractivity (Wildman–Crippen MR) is 123 cm³/mol. The number of anilines is 1. The zero-order chi connectivity index (χ0) is 20.5. The zero-order valence-electron chi connectivity index (χ0n) is 17.3. The average molecular weight is 406 g/mol. The SMILES string of the molecule is CC(C)N1C(=S)N[C@H](c2ccccn2)[C@@H]1c1cccn1-c1ccc(N(C)C)cc1. The summed E-state index contributed by atoms with van der Waals surface area (Å²) in [6, 6.07) is 19.3. The first-order chi connectivity index (χ1) is 14.0. The van der Waals surface area contributed by atoms with Gasteiger partial charge in [-0.05, 0) is 74.6 Å². The first-order valence-electron chi connectivity index (χ1n) is 9.92. The number of aromatic nitrogens is 2. The first-order valence-corrected chi connectivity index (χ1v) is 10.3. The molecule has 1 aliphatic heterocycles. The smallest absolute Gasteiger partial charge is 0.170 e. The number of benzene rings is 1. The Balaban J connectivity index is 1.79. The van der Waals surface area contributed by atoms with Crippen LogP contribution < -0.4 is 10.2 Å². The molecule has 1 aliphatic rings. The minimum absolute atomic E-state index is 0.000739. The van der Waals surface area contributed by atoms with E-state index in [2.05, 4.69) is 101 Å². The third-order valence-electron chi connectivity index (χ3n) is 5.42. The summed E-state index contributed by atoms with van der Waals surface area (Å²) in [5.41, 5.74) is 4.51. The fourth-order valence-electron chi connectivity index (χ4n) is 4.02. The van der Waals surface area contributed by atoms with Crippen LogP contribution in [-0.2, 0) is 0 Å². The highest BCUT2D eigenvalue weighted by atomic mass is 32.1.